The molecule has 0 amide bonds. The Bertz CT molecular complexity index is 2160. The molecule has 0 radical (unpaired) electrons. The molecule has 2 aliphatic rings. The van der Waals surface area contributed by atoms with Crippen molar-refractivity contribution in [3.8, 4) is 34.5 Å². The summed E-state index contributed by atoms with van der Waals surface area (Å²) >= 11 is 0. The minimum Gasteiger partial charge on any atom is -0.493 e. The van der Waals surface area contributed by atoms with E-state index < -0.39 is 7.60 Å². The molecule has 4 aromatic carbocycles. The number of allylic oxidation sites excluding steroid dienone is 1. The Hall–Kier alpha value is -5.82. The topological polar surface area (TPSA) is 149 Å². The molecule has 0 saturated heterocycles. The number of anilines is 2. The fourth-order valence-corrected chi connectivity index (χ4v) is 6.89. The highest BCUT2D eigenvalue weighted by Gasteiger charge is 2.26. The molecule has 4 aromatic rings. The van der Waals surface area contributed by atoms with Crippen LogP contribution in [0.15, 0.2) is 78.9 Å². The van der Waals surface area contributed by atoms with Gasteiger partial charge in [-0.05, 0) is 85.7 Å². The molecular formula is C46H57N2O12P. The summed E-state index contributed by atoms with van der Waals surface area (Å²) in [7, 11) is 7.10. The largest absolute Gasteiger partial charge is 0.493 e. The van der Waals surface area contributed by atoms with E-state index >= 15 is 0 Å². The van der Waals surface area contributed by atoms with Crippen LogP contribution in [0, 0.1) is 0 Å². The summed E-state index contributed by atoms with van der Waals surface area (Å²) in [5, 5.41) is 0. The number of benzene rings is 4. The van der Waals surface area contributed by atoms with Crippen LogP contribution >= 0.6 is 7.60 Å². The second kappa shape index (κ2) is 23.8. The molecule has 0 aliphatic carbocycles. The number of fused-ring (bicyclic) bond motifs is 2. The average Bonchev–Trinajstić information content (AvgIpc) is 3.26. The number of nitrogens with zero attached hydrogens (tertiary/aromatic N) is 2. The van der Waals surface area contributed by atoms with E-state index in [0.29, 0.717) is 74.6 Å². The number of hydrogen-bond acceptors (Lipinski definition) is 14. The summed E-state index contributed by atoms with van der Waals surface area (Å²) in [6.07, 6.45) is 4.44. The molecule has 0 N–H and O–H groups in total. The molecule has 2 aliphatic heterocycles. The van der Waals surface area contributed by atoms with Crippen molar-refractivity contribution in [2.75, 3.05) is 98.0 Å². The summed E-state index contributed by atoms with van der Waals surface area (Å²) in [4.78, 5) is 39.0. The Morgan fingerprint density at radius 3 is 1.56 bits per heavy atom. The molecule has 0 fully saturated rings. The van der Waals surface area contributed by atoms with Crippen LogP contribution in [-0.2, 0) is 36.0 Å². The first-order valence-corrected chi connectivity index (χ1v) is 21.6. The third kappa shape index (κ3) is 14.7. The van der Waals surface area contributed by atoms with Crippen molar-refractivity contribution in [2.45, 2.75) is 26.7 Å². The van der Waals surface area contributed by atoms with Gasteiger partial charge >= 0.3 is 7.60 Å². The Kier molecular flexibility index (Phi) is 18.7. The van der Waals surface area contributed by atoms with Crippen LogP contribution in [0.3, 0.4) is 0 Å². The number of hydrogen-bond donors (Lipinski definition) is 0. The number of carbonyl (C=O) groups excluding carboxylic acids is 3. The van der Waals surface area contributed by atoms with Gasteiger partial charge in [0.05, 0.1) is 18.8 Å². The minimum atomic E-state index is -3.30. The van der Waals surface area contributed by atoms with E-state index in [-0.39, 0.29) is 24.1 Å². The van der Waals surface area contributed by atoms with E-state index in [4.69, 9.17) is 37.5 Å². The van der Waals surface area contributed by atoms with Gasteiger partial charge in [-0.15, -0.1) is 0 Å². The van der Waals surface area contributed by atoms with Gasteiger partial charge in [0.15, 0.2) is 35.1 Å². The smallest absolute Gasteiger partial charge is 0.337 e. The van der Waals surface area contributed by atoms with Crippen molar-refractivity contribution in [1.29, 1.82) is 0 Å². The molecule has 0 bridgehead atoms. The predicted molar refractivity (Wildman–Crippen MR) is 237 cm³/mol. The van der Waals surface area contributed by atoms with Crippen molar-refractivity contribution in [3.05, 3.63) is 101 Å². The van der Waals surface area contributed by atoms with Crippen LogP contribution in [0.2, 0.25) is 0 Å². The van der Waals surface area contributed by atoms with Gasteiger partial charge in [0, 0.05) is 84.3 Å². The molecule has 6 rings (SSSR count). The zero-order valence-electron chi connectivity index (χ0n) is 36.3. The number of ether oxygens (including phenoxy) is 6. The predicted octanol–water partition coefficient (Wildman–Crippen LogP) is 7.77. The molecule has 0 aromatic heterocycles. The van der Waals surface area contributed by atoms with Gasteiger partial charge < -0.3 is 47.3 Å². The summed E-state index contributed by atoms with van der Waals surface area (Å²) < 4.78 is 54.4. The van der Waals surface area contributed by atoms with Crippen molar-refractivity contribution in [3.63, 3.8) is 0 Å². The van der Waals surface area contributed by atoms with E-state index in [2.05, 4.69) is 0 Å². The Morgan fingerprint density at radius 1 is 0.639 bits per heavy atom. The molecule has 328 valence electrons. The standard InChI is InChI=1S/C22H25NO4.C13H17O6P.C11H15NO2/c1-4-25-21-15-18(23(2)3)8-6-17(21)7-9-19(24)13-16-5-10-20-22(14-16)27-12-11-26-20;1-16-20(15,17-2)9-11(14)7-10-3-4-12-13(8-10)19-6-5-18-12;1-4-14-11-7-10(12(2)3)6-5-9(11)8-13/h5-10,14-15H,4,11-13H2,1-3H3;3-4,8H,5-7,9H2,1-2H3;5-8H,4H2,1-3H3/b9-7+;;. The number of rotatable bonds is 17. The lowest BCUT2D eigenvalue weighted by Gasteiger charge is -2.19. The fraction of sp³-hybridized carbons (Fsp3) is 0.370. The van der Waals surface area contributed by atoms with Gasteiger partial charge in [-0.25, -0.2) is 0 Å². The van der Waals surface area contributed by atoms with Gasteiger partial charge in [-0.2, -0.15) is 0 Å². The third-order valence-electron chi connectivity index (χ3n) is 9.12. The molecular weight excluding hydrogens is 803 g/mol. The molecule has 0 unspecified atom stereocenters. The maximum Gasteiger partial charge on any atom is 0.337 e. The maximum absolute atomic E-state index is 12.4. The molecule has 0 spiro atoms. The van der Waals surface area contributed by atoms with Crippen LogP contribution in [0.25, 0.3) is 6.08 Å². The fourth-order valence-electron chi connectivity index (χ4n) is 5.94. The van der Waals surface area contributed by atoms with Gasteiger partial charge in [0.2, 0.25) is 0 Å². The highest BCUT2D eigenvalue weighted by Crippen LogP contribution is 2.46. The maximum atomic E-state index is 12.4. The average molecular weight is 861 g/mol. The first-order valence-electron chi connectivity index (χ1n) is 19.9. The Balaban J connectivity index is 0.000000213. The van der Waals surface area contributed by atoms with Crippen molar-refractivity contribution in [1.82, 2.24) is 0 Å². The molecule has 15 heteroatoms. The van der Waals surface area contributed by atoms with Crippen LogP contribution < -0.4 is 38.2 Å². The van der Waals surface area contributed by atoms with Gasteiger partial charge in [0.1, 0.15) is 49.9 Å². The molecule has 14 nitrogen and oxygen atoms in total. The van der Waals surface area contributed by atoms with Crippen molar-refractivity contribution >= 4 is 42.9 Å². The highest BCUT2D eigenvalue weighted by atomic mass is 31.2. The molecule has 2 heterocycles. The van der Waals surface area contributed by atoms with Crippen LogP contribution in [-0.4, -0.2) is 106 Å². The first-order chi connectivity index (χ1) is 29.3. The molecule has 0 saturated carbocycles. The zero-order chi connectivity index (χ0) is 44.4. The lowest BCUT2D eigenvalue weighted by molar-refractivity contribution is -0.116. The van der Waals surface area contributed by atoms with Gasteiger partial charge in [-0.1, -0.05) is 12.1 Å². The van der Waals surface area contributed by atoms with E-state index in [1.807, 2.05) is 106 Å². The van der Waals surface area contributed by atoms with E-state index in [0.717, 1.165) is 45.9 Å². The van der Waals surface area contributed by atoms with Gasteiger partial charge in [0.25, 0.3) is 0 Å². The first kappa shape index (κ1) is 47.9. The number of carbonyl (C=O) groups is 3. The summed E-state index contributed by atoms with van der Waals surface area (Å²) in [5.41, 5.74) is 5.24. The summed E-state index contributed by atoms with van der Waals surface area (Å²) in [6.45, 7) is 7.10. The SMILES string of the molecule is CCOc1cc(N(C)C)ccc1/C=C/C(=O)Cc1ccc2c(c1)OCCO2.CCOc1cc(N(C)C)ccc1C=O.COP(=O)(CC(=O)Cc1ccc2c(c1)OCCO2)OC. The number of Topliss-reactive ketones (excluding diaryl/α,β-unsaturated/α-hetero) is 1. The van der Waals surface area contributed by atoms with Crippen LogP contribution in [0.5, 0.6) is 34.5 Å². The molecule has 0 atom stereocenters. The van der Waals surface area contributed by atoms with Crippen LogP contribution in [0.1, 0.15) is 40.9 Å². The Labute approximate surface area is 358 Å². The normalized spacial score (nSPS) is 12.5. The highest BCUT2D eigenvalue weighted by molar-refractivity contribution is 7.54. The number of aldehydes is 1. The quantitative estimate of drug-likeness (QED) is 0.0578. The van der Waals surface area contributed by atoms with Gasteiger partial charge in [-0.3, -0.25) is 18.9 Å². The van der Waals surface area contributed by atoms with Crippen LogP contribution in [0.4, 0.5) is 11.4 Å². The van der Waals surface area contributed by atoms with E-state index in [9.17, 15) is 18.9 Å². The van der Waals surface area contributed by atoms with Crippen molar-refractivity contribution < 1.29 is 56.4 Å². The van der Waals surface area contributed by atoms with E-state index in [1.54, 1.807) is 30.3 Å². The minimum absolute atomic E-state index is 0.0193. The third-order valence-corrected chi connectivity index (χ3v) is 11.0. The van der Waals surface area contributed by atoms with E-state index in [1.165, 1.54) is 14.2 Å². The Morgan fingerprint density at radius 2 is 1.10 bits per heavy atom. The monoisotopic (exact) mass is 860 g/mol. The number of ketones is 2. The lowest BCUT2D eigenvalue weighted by Crippen LogP contribution is -2.16. The second-order valence-electron chi connectivity index (χ2n) is 14.0. The zero-order valence-corrected chi connectivity index (χ0v) is 37.2. The molecule has 61 heavy (non-hydrogen) atoms. The lowest BCUT2D eigenvalue weighted by atomic mass is 10.1. The van der Waals surface area contributed by atoms with Crippen molar-refractivity contribution in [2.24, 2.45) is 0 Å². The summed E-state index contributed by atoms with van der Waals surface area (Å²) in [5.74, 6) is 3.96. The summed E-state index contributed by atoms with van der Waals surface area (Å²) in [6, 6.07) is 22.4. The second-order valence-corrected chi connectivity index (χ2v) is 16.3.